The first-order valence-corrected chi connectivity index (χ1v) is 10.4. The Morgan fingerprint density at radius 2 is 2.10 bits per heavy atom. The lowest BCUT2D eigenvalue weighted by Crippen LogP contribution is -2.36. The second-order valence-electron chi connectivity index (χ2n) is 7.50. The number of methoxy groups -OCH3 is 1. The third-order valence-electron chi connectivity index (χ3n) is 5.74. The summed E-state index contributed by atoms with van der Waals surface area (Å²) in [6.45, 7) is 2.25. The molecule has 0 bridgehead atoms. The van der Waals surface area contributed by atoms with E-state index in [-0.39, 0.29) is 5.91 Å². The van der Waals surface area contributed by atoms with Crippen LogP contribution in [-0.4, -0.2) is 61.1 Å². The standard InChI is InChI=1S/C21H25B2N5O2/c1-30-20-13-15(14-8-11-28(23-22)12-9-14)5-6-18(20)26-21(29)19-4-2-3-16(25-19)17-7-10-24-27-17/h2-7,10,13-14,23H,8-9,11-12,22H2,1H3,(H,24,27)(H,26,29). The van der Waals surface area contributed by atoms with Crippen molar-refractivity contribution in [3.05, 3.63) is 59.9 Å². The van der Waals surface area contributed by atoms with Crippen molar-refractivity contribution in [2.24, 2.45) is 0 Å². The molecule has 3 aromatic rings. The number of nitrogens with zero attached hydrogens (tertiary/aromatic N) is 3. The molecule has 9 heteroatoms. The predicted molar refractivity (Wildman–Crippen MR) is 122 cm³/mol. The number of aromatic nitrogens is 3. The number of carbonyl (C=O) groups excluding carboxylic acids is 1. The van der Waals surface area contributed by atoms with E-state index in [1.807, 2.05) is 18.2 Å². The predicted octanol–water partition coefficient (Wildman–Crippen LogP) is 1.81. The molecule has 0 atom stereocenters. The highest BCUT2D eigenvalue weighted by atomic mass is 16.5. The summed E-state index contributed by atoms with van der Waals surface area (Å²) in [5, 5.41) is 9.73. The maximum Gasteiger partial charge on any atom is 0.274 e. The summed E-state index contributed by atoms with van der Waals surface area (Å²) in [6, 6.07) is 13.2. The van der Waals surface area contributed by atoms with Gasteiger partial charge in [-0.1, -0.05) is 12.1 Å². The number of hydrogen-bond donors (Lipinski definition) is 2. The smallest absolute Gasteiger partial charge is 0.274 e. The topological polar surface area (TPSA) is 83.1 Å². The van der Waals surface area contributed by atoms with Crippen LogP contribution in [0.25, 0.3) is 11.4 Å². The van der Waals surface area contributed by atoms with Crippen molar-refractivity contribution >= 4 is 26.6 Å². The van der Waals surface area contributed by atoms with Crippen LogP contribution in [0.1, 0.15) is 34.8 Å². The molecule has 1 aliphatic heterocycles. The van der Waals surface area contributed by atoms with Crippen LogP contribution in [0.4, 0.5) is 5.69 Å². The van der Waals surface area contributed by atoms with Gasteiger partial charge in [-0.15, -0.1) is 0 Å². The van der Waals surface area contributed by atoms with Gasteiger partial charge in [-0.2, -0.15) is 5.10 Å². The third-order valence-corrected chi connectivity index (χ3v) is 5.74. The molecule has 1 saturated heterocycles. The van der Waals surface area contributed by atoms with Gasteiger partial charge in [0, 0.05) is 6.20 Å². The van der Waals surface area contributed by atoms with Gasteiger partial charge in [0.2, 0.25) is 0 Å². The molecule has 0 radical (unpaired) electrons. The quantitative estimate of drug-likeness (QED) is 0.616. The van der Waals surface area contributed by atoms with E-state index in [2.05, 4.69) is 45.2 Å². The van der Waals surface area contributed by atoms with Crippen molar-refractivity contribution in [3.63, 3.8) is 0 Å². The van der Waals surface area contributed by atoms with Gasteiger partial charge in [0.05, 0.1) is 31.9 Å². The van der Waals surface area contributed by atoms with Crippen molar-refractivity contribution in [2.45, 2.75) is 18.8 Å². The fourth-order valence-electron chi connectivity index (χ4n) is 3.94. The van der Waals surface area contributed by atoms with E-state index < -0.39 is 0 Å². The minimum atomic E-state index is -0.279. The number of amides is 1. The highest BCUT2D eigenvalue weighted by Gasteiger charge is 2.21. The first kappa shape index (κ1) is 20.2. The lowest BCUT2D eigenvalue weighted by Gasteiger charge is -2.31. The monoisotopic (exact) mass is 401 g/mol. The number of carbonyl (C=O) groups is 1. The minimum absolute atomic E-state index is 0.279. The summed E-state index contributed by atoms with van der Waals surface area (Å²) in [5.74, 6) is 0.918. The van der Waals surface area contributed by atoms with E-state index in [4.69, 9.17) is 4.74 Å². The van der Waals surface area contributed by atoms with Crippen molar-refractivity contribution in [1.29, 1.82) is 0 Å². The SMILES string of the molecule is BBN1CCC(c2ccc(NC(=O)c3cccc(-c4ccn[nH]4)n3)c(OC)c2)CC1. The molecule has 1 amide bonds. The number of aromatic amines is 1. The highest BCUT2D eigenvalue weighted by Crippen LogP contribution is 2.33. The van der Waals surface area contributed by atoms with E-state index >= 15 is 0 Å². The average Bonchev–Trinajstić information content (AvgIpc) is 3.34. The highest BCUT2D eigenvalue weighted by molar-refractivity contribution is 6.87. The molecule has 2 N–H and O–H groups in total. The van der Waals surface area contributed by atoms with Crippen molar-refractivity contribution in [1.82, 2.24) is 20.0 Å². The molecule has 7 nitrogen and oxygen atoms in total. The Morgan fingerprint density at radius 3 is 2.80 bits per heavy atom. The number of nitrogens with one attached hydrogen (secondary N) is 2. The molecule has 2 aromatic heterocycles. The number of anilines is 1. The van der Waals surface area contributed by atoms with E-state index in [0.717, 1.165) is 38.9 Å². The van der Waals surface area contributed by atoms with Gasteiger partial charge in [0.1, 0.15) is 11.4 Å². The molecule has 0 aliphatic carbocycles. The summed E-state index contributed by atoms with van der Waals surface area (Å²) < 4.78 is 5.58. The van der Waals surface area contributed by atoms with E-state index in [0.29, 0.717) is 28.7 Å². The van der Waals surface area contributed by atoms with Gasteiger partial charge >= 0.3 is 0 Å². The zero-order chi connectivity index (χ0) is 20.9. The number of pyridine rings is 1. The van der Waals surface area contributed by atoms with Crippen LogP contribution in [0.15, 0.2) is 48.7 Å². The summed E-state index contributed by atoms with van der Waals surface area (Å²) in [4.78, 5) is 19.7. The Hall–Kier alpha value is -3.06. The van der Waals surface area contributed by atoms with Gasteiger partial charge in [-0.05, 0) is 67.7 Å². The average molecular weight is 401 g/mol. The van der Waals surface area contributed by atoms with Gasteiger partial charge < -0.3 is 14.9 Å². The normalized spacial score (nSPS) is 15.0. The molecule has 0 saturated carbocycles. The second-order valence-corrected chi connectivity index (χ2v) is 7.50. The van der Waals surface area contributed by atoms with Crippen molar-refractivity contribution < 1.29 is 9.53 Å². The number of hydrogen-bond acceptors (Lipinski definition) is 5. The number of piperidine rings is 1. The zero-order valence-corrected chi connectivity index (χ0v) is 17.4. The lowest BCUT2D eigenvalue weighted by atomic mass is 9.64. The molecule has 1 fully saturated rings. The summed E-state index contributed by atoms with van der Waals surface area (Å²) in [6.07, 6.45) is 3.95. The van der Waals surface area contributed by atoms with Crippen molar-refractivity contribution in [3.8, 4) is 17.1 Å². The summed E-state index contributed by atoms with van der Waals surface area (Å²) >= 11 is 0. The summed E-state index contributed by atoms with van der Waals surface area (Å²) in [7, 11) is 4.95. The number of rotatable bonds is 6. The molecule has 1 aromatic carbocycles. The molecule has 152 valence electrons. The van der Waals surface area contributed by atoms with Crippen LogP contribution in [-0.2, 0) is 0 Å². The maximum absolute atomic E-state index is 12.8. The molecule has 4 rings (SSSR count). The van der Waals surface area contributed by atoms with E-state index in [9.17, 15) is 4.79 Å². The van der Waals surface area contributed by atoms with Crippen LogP contribution >= 0.6 is 0 Å². The Bertz CT molecular complexity index is 1000. The minimum Gasteiger partial charge on any atom is -0.495 e. The zero-order valence-electron chi connectivity index (χ0n) is 17.4. The van der Waals surface area contributed by atoms with E-state index in [1.54, 1.807) is 25.4 Å². The van der Waals surface area contributed by atoms with Crippen LogP contribution < -0.4 is 10.1 Å². The fraction of sp³-hybridized carbons (Fsp3) is 0.286. The van der Waals surface area contributed by atoms with Gasteiger partial charge in [-0.3, -0.25) is 9.89 Å². The van der Waals surface area contributed by atoms with Crippen LogP contribution in [0.5, 0.6) is 5.75 Å². The number of benzene rings is 1. The van der Waals surface area contributed by atoms with Crippen LogP contribution in [0.2, 0.25) is 0 Å². The molecule has 0 spiro atoms. The van der Waals surface area contributed by atoms with E-state index in [1.165, 1.54) is 5.56 Å². The molecule has 0 unspecified atom stereocenters. The maximum atomic E-state index is 12.8. The number of ether oxygens (including phenoxy) is 1. The Balaban J connectivity index is 1.49. The Kier molecular flexibility index (Phi) is 6.18. The molecule has 30 heavy (non-hydrogen) atoms. The Labute approximate surface area is 177 Å². The number of H-pyrrole nitrogens is 1. The van der Waals surface area contributed by atoms with Crippen LogP contribution in [0.3, 0.4) is 0 Å². The largest absolute Gasteiger partial charge is 0.495 e. The summed E-state index contributed by atoms with van der Waals surface area (Å²) in [5.41, 5.74) is 3.67. The van der Waals surface area contributed by atoms with Crippen molar-refractivity contribution in [2.75, 3.05) is 25.5 Å². The van der Waals surface area contributed by atoms with Gasteiger partial charge in [0.25, 0.3) is 5.91 Å². The molecular weight excluding hydrogens is 376 g/mol. The fourth-order valence-corrected chi connectivity index (χ4v) is 3.94. The third kappa shape index (κ3) is 4.41. The first-order chi connectivity index (χ1) is 14.7. The Morgan fingerprint density at radius 1 is 1.27 bits per heavy atom. The lowest BCUT2D eigenvalue weighted by molar-refractivity contribution is 0.102. The molecule has 1 aliphatic rings. The second kappa shape index (κ2) is 9.17. The van der Waals surface area contributed by atoms with Gasteiger partial charge in [-0.25, -0.2) is 4.98 Å². The first-order valence-electron chi connectivity index (χ1n) is 10.4. The molecular formula is C21H25B2N5O2. The van der Waals surface area contributed by atoms with Gasteiger partial charge in [0.15, 0.2) is 7.31 Å². The molecule has 3 heterocycles. The van der Waals surface area contributed by atoms with Crippen LogP contribution in [0, 0.1) is 0 Å².